The number of benzene rings is 2. The third-order valence-corrected chi connectivity index (χ3v) is 5.44. The molecule has 0 saturated heterocycles. The van der Waals surface area contributed by atoms with Crippen molar-refractivity contribution in [3.05, 3.63) is 89.6 Å². The minimum absolute atomic E-state index is 0.0255. The standard InChI is InChI=1S/C24H18ClN5O/c25-19-6-2-1-4-17(19)20-11-12-21-24(28-20)30(16-9-7-15(14-31)8-10-16)23(29-21)18-5-3-13-27-22(18)26/h1-13,31H,14H2,(H2,26,27). The Morgan fingerprint density at radius 3 is 2.39 bits per heavy atom. The van der Waals surface area contributed by atoms with Crippen molar-refractivity contribution >= 4 is 28.6 Å². The highest BCUT2D eigenvalue weighted by atomic mass is 35.5. The predicted octanol–water partition coefficient (Wildman–Crippen LogP) is 4.88. The molecule has 2 aromatic carbocycles. The number of pyridine rings is 2. The summed E-state index contributed by atoms with van der Waals surface area (Å²) in [6.07, 6.45) is 1.65. The summed E-state index contributed by atoms with van der Waals surface area (Å²) < 4.78 is 1.95. The van der Waals surface area contributed by atoms with Crippen LogP contribution in [0.2, 0.25) is 5.02 Å². The molecular weight excluding hydrogens is 410 g/mol. The Morgan fingerprint density at radius 2 is 1.65 bits per heavy atom. The molecule has 0 atom stereocenters. The highest BCUT2D eigenvalue weighted by molar-refractivity contribution is 6.33. The van der Waals surface area contributed by atoms with E-state index < -0.39 is 0 Å². The van der Waals surface area contributed by atoms with Crippen molar-refractivity contribution in [2.75, 3.05) is 5.73 Å². The van der Waals surface area contributed by atoms with Gasteiger partial charge in [0.2, 0.25) is 0 Å². The molecule has 0 aliphatic rings. The number of nitrogen functional groups attached to an aromatic ring is 1. The van der Waals surface area contributed by atoms with E-state index in [4.69, 9.17) is 27.3 Å². The highest BCUT2D eigenvalue weighted by Crippen LogP contribution is 2.33. The maximum atomic E-state index is 9.42. The molecular formula is C24H18ClN5O. The molecule has 0 spiro atoms. The predicted molar refractivity (Wildman–Crippen MR) is 123 cm³/mol. The number of aromatic nitrogens is 4. The van der Waals surface area contributed by atoms with Crippen LogP contribution < -0.4 is 5.73 Å². The van der Waals surface area contributed by atoms with Crippen molar-refractivity contribution in [1.29, 1.82) is 0 Å². The second kappa shape index (κ2) is 7.83. The maximum absolute atomic E-state index is 9.42. The lowest BCUT2D eigenvalue weighted by Gasteiger charge is -2.11. The summed E-state index contributed by atoms with van der Waals surface area (Å²) >= 11 is 6.41. The summed E-state index contributed by atoms with van der Waals surface area (Å²) in [6.45, 7) is -0.0255. The summed E-state index contributed by atoms with van der Waals surface area (Å²) in [6, 6.07) is 22.7. The molecule has 3 heterocycles. The number of fused-ring (bicyclic) bond motifs is 1. The van der Waals surface area contributed by atoms with Crippen molar-refractivity contribution in [3.8, 4) is 28.3 Å². The molecule has 7 heteroatoms. The first-order valence-electron chi connectivity index (χ1n) is 9.71. The fraction of sp³-hybridized carbons (Fsp3) is 0.0417. The molecule has 0 radical (unpaired) electrons. The number of nitrogens with zero attached hydrogens (tertiary/aromatic N) is 4. The van der Waals surface area contributed by atoms with Gasteiger partial charge in [-0.2, -0.15) is 0 Å². The Hall–Kier alpha value is -3.74. The van der Waals surface area contributed by atoms with E-state index in [1.807, 2.05) is 77.4 Å². The monoisotopic (exact) mass is 427 g/mol. The summed E-state index contributed by atoms with van der Waals surface area (Å²) in [5, 5.41) is 10.0. The fourth-order valence-electron chi connectivity index (χ4n) is 3.56. The topological polar surface area (TPSA) is 89.9 Å². The van der Waals surface area contributed by atoms with Gasteiger partial charge in [0.25, 0.3) is 0 Å². The molecule has 6 nitrogen and oxygen atoms in total. The number of hydrogen-bond donors (Lipinski definition) is 2. The number of aliphatic hydroxyl groups is 1. The van der Waals surface area contributed by atoms with Gasteiger partial charge in [0, 0.05) is 22.5 Å². The minimum Gasteiger partial charge on any atom is -0.392 e. The van der Waals surface area contributed by atoms with Crippen LogP contribution in [0, 0.1) is 0 Å². The number of aliphatic hydroxyl groups excluding tert-OH is 1. The van der Waals surface area contributed by atoms with Crippen LogP contribution in [0.25, 0.3) is 39.5 Å². The normalized spacial score (nSPS) is 11.2. The molecule has 0 unspecified atom stereocenters. The summed E-state index contributed by atoms with van der Waals surface area (Å²) in [5.74, 6) is 1.03. The van der Waals surface area contributed by atoms with Crippen LogP contribution in [-0.4, -0.2) is 24.6 Å². The van der Waals surface area contributed by atoms with Crippen LogP contribution in [0.15, 0.2) is 79.0 Å². The molecule has 152 valence electrons. The molecule has 31 heavy (non-hydrogen) atoms. The first-order valence-corrected chi connectivity index (χ1v) is 10.1. The summed E-state index contributed by atoms with van der Waals surface area (Å²) in [7, 11) is 0. The molecule has 0 bridgehead atoms. The minimum atomic E-state index is -0.0255. The largest absolute Gasteiger partial charge is 0.392 e. The number of halogens is 1. The number of anilines is 1. The van der Waals surface area contributed by atoms with Gasteiger partial charge >= 0.3 is 0 Å². The first kappa shape index (κ1) is 19.2. The van der Waals surface area contributed by atoms with Gasteiger partial charge < -0.3 is 10.8 Å². The van der Waals surface area contributed by atoms with Crippen LogP contribution >= 0.6 is 11.6 Å². The molecule has 3 aromatic heterocycles. The summed E-state index contributed by atoms with van der Waals surface area (Å²) in [5.41, 5.74) is 11.5. The van der Waals surface area contributed by atoms with Crippen LogP contribution in [0.1, 0.15) is 5.56 Å². The Morgan fingerprint density at radius 1 is 0.871 bits per heavy atom. The lowest BCUT2D eigenvalue weighted by molar-refractivity contribution is 0.282. The van der Waals surface area contributed by atoms with Crippen LogP contribution in [0.4, 0.5) is 5.82 Å². The zero-order valence-corrected chi connectivity index (χ0v) is 17.2. The third-order valence-electron chi connectivity index (χ3n) is 5.11. The van der Waals surface area contributed by atoms with E-state index in [1.165, 1.54) is 0 Å². The number of rotatable bonds is 4. The second-order valence-electron chi connectivity index (χ2n) is 7.05. The van der Waals surface area contributed by atoms with Gasteiger partial charge in [0.05, 0.1) is 17.9 Å². The van der Waals surface area contributed by atoms with Gasteiger partial charge in [-0.1, -0.05) is 41.9 Å². The van der Waals surface area contributed by atoms with E-state index in [0.717, 1.165) is 28.0 Å². The van der Waals surface area contributed by atoms with Gasteiger partial charge in [-0.3, -0.25) is 4.57 Å². The number of nitrogens with two attached hydrogens (primary N) is 1. The molecule has 0 fully saturated rings. The smallest absolute Gasteiger partial charge is 0.165 e. The Labute approximate surface area is 183 Å². The van der Waals surface area contributed by atoms with Crippen LogP contribution in [-0.2, 0) is 6.61 Å². The average Bonchev–Trinajstić information content (AvgIpc) is 3.18. The zero-order chi connectivity index (χ0) is 21.4. The summed E-state index contributed by atoms with van der Waals surface area (Å²) in [4.78, 5) is 13.9. The Bertz CT molecular complexity index is 1400. The fourth-order valence-corrected chi connectivity index (χ4v) is 3.79. The molecule has 0 aliphatic carbocycles. The SMILES string of the molecule is Nc1ncccc1-c1nc2ccc(-c3ccccc3Cl)nc2n1-c1ccc(CO)cc1. The van der Waals surface area contributed by atoms with Crippen LogP contribution in [0.3, 0.4) is 0 Å². The van der Waals surface area contributed by atoms with E-state index in [1.54, 1.807) is 6.20 Å². The number of imidazole rings is 1. The lowest BCUT2D eigenvalue weighted by Crippen LogP contribution is -2.02. The van der Waals surface area contributed by atoms with E-state index in [9.17, 15) is 5.11 Å². The Balaban J connectivity index is 1.80. The molecule has 5 rings (SSSR count). The second-order valence-corrected chi connectivity index (χ2v) is 7.46. The quantitative estimate of drug-likeness (QED) is 0.426. The molecule has 5 aromatic rings. The Kier molecular flexibility index (Phi) is 4.86. The van der Waals surface area contributed by atoms with E-state index in [2.05, 4.69) is 4.98 Å². The molecule has 3 N–H and O–H groups in total. The van der Waals surface area contributed by atoms with E-state index in [0.29, 0.717) is 27.9 Å². The van der Waals surface area contributed by atoms with E-state index >= 15 is 0 Å². The van der Waals surface area contributed by atoms with Gasteiger partial charge in [-0.25, -0.2) is 15.0 Å². The van der Waals surface area contributed by atoms with Gasteiger partial charge in [-0.05, 0) is 48.0 Å². The van der Waals surface area contributed by atoms with E-state index in [-0.39, 0.29) is 6.61 Å². The lowest BCUT2D eigenvalue weighted by atomic mass is 10.1. The van der Waals surface area contributed by atoms with Gasteiger partial charge in [0.15, 0.2) is 11.5 Å². The first-order chi connectivity index (χ1) is 15.2. The van der Waals surface area contributed by atoms with Crippen molar-refractivity contribution in [3.63, 3.8) is 0 Å². The van der Waals surface area contributed by atoms with Crippen LogP contribution in [0.5, 0.6) is 0 Å². The maximum Gasteiger partial charge on any atom is 0.165 e. The third kappa shape index (κ3) is 3.42. The van der Waals surface area contributed by atoms with Gasteiger partial charge in [-0.15, -0.1) is 0 Å². The molecule has 0 amide bonds. The number of hydrogen-bond acceptors (Lipinski definition) is 5. The molecule has 0 saturated carbocycles. The van der Waals surface area contributed by atoms with Gasteiger partial charge in [0.1, 0.15) is 11.3 Å². The highest BCUT2D eigenvalue weighted by Gasteiger charge is 2.19. The van der Waals surface area contributed by atoms with Crippen molar-refractivity contribution in [2.24, 2.45) is 0 Å². The average molecular weight is 428 g/mol. The zero-order valence-electron chi connectivity index (χ0n) is 16.4. The van der Waals surface area contributed by atoms with Crippen molar-refractivity contribution in [2.45, 2.75) is 6.61 Å². The van der Waals surface area contributed by atoms with Crippen molar-refractivity contribution < 1.29 is 5.11 Å². The molecule has 0 aliphatic heterocycles. The van der Waals surface area contributed by atoms with Crippen molar-refractivity contribution in [1.82, 2.24) is 19.5 Å².